The first-order valence-electron chi connectivity index (χ1n) is 8.28. The summed E-state index contributed by atoms with van der Waals surface area (Å²) in [5, 5.41) is 19.2. The van der Waals surface area contributed by atoms with Gasteiger partial charge < -0.3 is 23.8 Å². The molecule has 0 aromatic rings. The van der Waals surface area contributed by atoms with Crippen molar-refractivity contribution in [3.63, 3.8) is 0 Å². The molecule has 130 valence electrons. The smallest absolute Gasteiger partial charge is 0.349 e. The van der Waals surface area contributed by atoms with Gasteiger partial charge in [-0.2, -0.15) is 0 Å². The Balaban J connectivity index is 2.20. The Bertz CT molecular complexity index is 373. The van der Waals surface area contributed by atoms with E-state index >= 15 is 0 Å². The van der Waals surface area contributed by atoms with E-state index in [0.29, 0.717) is 19.4 Å². The van der Waals surface area contributed by atoms with Crippen LogP contribution in [0.1, 0.15) is 54.4 Å². The second-order valence-corrected chi connectivity index (χ2v) is 13.4. The first-order chi connectivity index (χ1) is 10.0. The van der Waals surface area contributed by atoms with Gasteiger partial charge in [-0.15, -0.1) is 0 Å². The molecule has 0 unspecified atom stereocenters. The number of ether oxygens (including phenoxy) is 1. The molecule has 0 saturated carbocycles. The van der Waals surface area contributed by atoms with Crippen LogP contribution in [0.15, 0.2) is 0 Å². The minimum absolute atomic E-state index is 0.0174. The lowest BCUT2D eigenvalue weighted by molar-refractivity contribution is -0.202. The van der Waals surface area contributed by atoms with E-state index < -0.39 is 14.7 Å². The third-order valence-electron chi connectivity index (χ3n) is 4.82. The Morgan fingerprint density at radius 1 is 1.05 bits per heavy atom. The van der Waals surface area contributed by atoms with Crippen molar-refractivity contribution >= 4 is 8.56 Å². The van der Waals surface area contributed by atoms with Crippen LogP contribution in [-0.2, 0) is 13.6 Å². The van der Waals surface area contributed by atoms with Crippen LogP contribution in [0.4, 0.5) is 0 Å². The zero-order valence-corrected chi connectivity index (χ0v) is 15.8. The molecule has 0 aliphatic carbocycles. The van der Waals surface area contributed by atoms with Crippen molar-refractivity contribution in [2.45, 2.75) is 88.9 Å². The fourth-order valence-electron chi connectivity index (χ4n) is 3.96. The van der Waals surface area contributed by atoms with Crippen LogP contribution in [0.5, 0.6) is 0 Å². The second kappa shape index (κ2) is 6.15. The van der Waals surface area contributed by atoms with Crippen LogP contribution in [0.25, 0.3) is 0 Å². The number of rotatable bonds is 2. The van der Waals surface area contributed by atoms with Gasteiger partial charge in [-0.25, -0.2) is 0 Å². The molecule has 2 aliphatic rings. The SMILES string of the molecule is CC(C)(C)[Si]1(C(C)(C)C)OC[C@H]2O[C@@H](CCO)[C@H](O)C[C@@H]2O1. The zero-order chi connectivity index (χ0) is 16.8. The van der Waals surface area contributed by atoms with Crippen molar-refractivity contribution in [3.05, 3.63) is 0 Å². The third-order valence-corrected chi connectivity index (χ3v) is 9.98. The van der Waals surface area contributed by atoms with Crippen LogP contribution >= 0.6 is 0 Å². The third kappa shape index (κ3) is 3.14. The molecule has 0 aromatic carbocycles. The van der Waals surface area contributed by atoms with Crippen LogP contribution in [-0.4, -0.2) is 56.4 Å². The fourth-order valence-corrected chi connectivity index (χ4v) is 8.93. The summed E-state index contributed by atoms with van der Waals surface area (Å²) in [6, 6.07) is 0. The number of aliphatic hydroxyl groups is 2. The summed E-state index contributed by atoms with van der Waals surface area (Å²) in [5.41, 5.74) is 0. The summed E-state index contributed by atoms with van der Waals surface area (Å²) in [6.45, 7) is 13.6. The molecule has 2 heterocycles. The lowest BCUT2D eigenvalue weighted by Crippen LogP contribution is -2.67. The van der Waals surface area contributed by atoms with Crippen LogP contribution < -0.4 is 0 Å². The highest BCUT2D eigenvalue weighted by atomic mass is 28.4. The number of hydrogen-bond acceptors (Lipinski definition) is 5. The quantitative estimate of drug-likeness (QED) is 0.760. The van der Waals surface area contributed by atoms with Gasteiger partial charge >= 0.3 is 8.56 Å². The lowest BCUT2D eigenvalue weighted by Gasteiger charge is -2.56. The predicted molar refractivity (Wildman–Crippen MR) is 87.0 cm³/mol. The van der Waals surface area contributed by atoms with Gasteiger partial charge in [-0.05, 0) is 6.42 Å². The number of fused-ring (bicyclic) bond motifs is 1. The largest absolute Gasteiger partial charge is 0.396 e. The van der Waals surface area contributed by atoms with Gasteiger partial charge in [0.1, 0.15) is 6.10 Å². The Hall–Kier alpha value is 0.0169. The Kier molecular flexibility index (Phi) is 5.13. The molecular formula is C16H32O5Si. The van der Waals surface area contributed by atoms with E-state index in [1.165, 1.54) is 0 Å². The minimum atomic E-state index is -2.50. The molecule has 2 fully saturated rings. The summed E-state index contributed by atoms with van der Waals surface area (Å²) >= 11 is 0. The highest BCUT2D eigenvalue weighted by molar-refractivity contribution is 6.73. The molecule has 0 amide bonds. The molecule has 0 aromatic heterocycles. The molecule has 22 heavy (non-hydrogen) atoms. The summed E-state index contributed by atoms with van der Waals surface area (Å²) < 4.78 is 18.9. The topological polar surface area (TPSA) is 68.2 Å². The highest BCUT2D eigenvalue weighted by Crippen LogP contribution is 2.55. The summed E-state index contributed by atoms with van der Waals surface area (Å²) in [6.07, 6.45) is -0.172. The van der Waals surface area contributed by atoms with Gasteiger partial charge in [0.25, 0.3) is 0 Å². The monoisotopic (exact) mass is 332 g/mol. The van der Waals surface area contributed by atoms with Crippen molar-refractivity contribution in [2.75, 3.05) is 13.2 Å². The molecule has 2 rings (SSSR count). The van der Waals surface area contributed by atoms with Crippen molar-refractivity contribution in [1.82, 2.24) is 0 Å². The van der Waals surface area contributed by atoms with Crippen molar-refractivity contribution in [1.29, 1.82) is 0 Å². The van der Waals surface area contributed by atoms with Crippen molar-refractivity contribution in [3.8, 4) is 0 Å². The van der Waals surface area contributed by atoms with Gasteiger partial charge in [0, 0.05) is 23.1 Å². The van der Waals surface area contributed by atoms with Gasteiger partial charge in [0.2, 0.25) is 0 Å². The van der Waals surface area contributed by atoms with Gasteiger partial charge in [0.05, 0.1) is 24.9 Å². The molecule has 6 heteroatoms. The van der Waals surface area contributed by atoms with Crippen molar-refractivity contribution in [2.24, 2.45) is 0 Å². The number of hydrogen-bond donors (Lipinski definition) is 2. The lowest BCUT2D eigenvalue weighted by atomic mass is 9.97. The average Bonchev–Trinajstić information content (AvgIpc) is 2.36. The maximum absolute atomic E-state index is 10.3. The van der Waals surface area contributed by atoms with E-state index in [1.54, 1.807) is 0 Å². The highest BCUT2D eigenvalue weighted by Gasteiger charge is 2.62. The molecule has 4 atom stereocenters. The summed E-state index contributed by atoms with van der Waals surface area (Å²) in [4.78, 5) is 0. The van der Waals surface area contributed by atoms with Crippen LogP contribution in [0.3, 0.4) is 0 Å². The van der Waals surface area contributed by atoms with E-state index in [2.05, 4.69) is 41.5 Å². The summed E-state index contributed by atoms with van der Waals surface area (Å²) in [7, 11) is -2.50. The Morgan fingerprint density at radius 3 is 2.14 bits per heavy atom. The standard InChI is InChI=1S/C16H32O5Si/c1-15(2,3)22(16(4,5)6)19-10-14-13(21-22)9-11(18)12(20-14)7-8-17/h11-14,17-18H,7-10H2,1-6H3/t11-,12+,13+,14-/m1/s1. The van der Waals surface area contributed by atoms with E-state index in [9.17, 15) is 5.11 Å². The van der Waals surface area contributed by atoms with Crippen molar-refractivity contribution < 1.29 is 23.8 Å². The second-order valence-electron chi connectivity index (χ2n) is 8.61. The molecule has 0 bridgehead atoms. The molecule has 0 spiro atoms. The van der Waals surface area contributed by atoms with E-state index in [1.807, 2.05) is 0 Å². The van der Waals surface area contributed by atoms with Gasteiger partial charge in [-0.3, -0.25) is 0 Å². The zero-order valence-electron chi connectivity index (χ0n) is 14.8. The molecular weight excluding hydrogens is 300 g/mol. The van der Waals surface area contributed by atoms with Crippen LogP contribution in [0.2, 0.25) is 10.1 Å². The maximum Gasteiger partial charge on any atom is 0.349 e. The average molecular weight is 333 g/mol. The maximum atomic E-state index is 10.3. The first kappa shape index (κ1) is 18.4. The molecule has 2 saturated heterocycles. The molecule has 5 nitrogen and oxygen atoms in total. The van der Waals surface area contributed by atoms with Gasteiger partial charge in [-0.1, -0.05) is 41.5 Å². The molecule has 2 N–H and O–H groups in total. The van der Waals surface area contributed by atoms with E-state index in [-0.39, 0.29) is 35.0 Å². The predicted octanol–water partition coefficient (Wildman–Crippen LogP) is 2.35. The molecule has 0 radical (unpaired) electrons. The normalized spacial score (nSPS) is 36.0. The number of aliphatic hydroxyl groups excluding tert-OH is 2. The summed E-state index contributed by atoms with van der Waals surface area (Å²) in [5.74, 6) is 0. The van der Waals surface area contributed by atoms with E-state index in [0.717, 1.165) is 0 Å². The van der Waals surface area contributed by atoms with E-state index in [4.69, 9.17) is 18.7 Å². The Labute approximate surface area is 135 Å². The fraction of sp³-hybridized carbons (Fsp3) is 1.00. The van der Waals surface area contributed by atoms with Gasteiger partial charge in [0.15, 0.2) is 0 Å². The first-order valence-corrected chi connectivity index (χ1v) is 10.1. The minimum Gasteiger partial charge on any atom is -0.396 e. The Morgan fingerprint density at radius 2 is 1.64 bits per heavy atom. The van der Waals surface area contributed by atoms with Crippen LogP contribution in [0, 0.1) is 0 Å². The molecule has 2 aliphatic heterocycles.